The zero-order valence-corrected chi connectivity index (χ0v) is 10.3. The summed E-state index contributed by atoms with van der Waals surface area (Å²) in [6.45, 7) is -0.271. The van der Waals surface area contributed by atoms with Gasteiger partial charge in [-0.15, -0.1) is 0 Å². The van der Waals surface area contributed by atoms with E-state index in [1.54, 1.807) is 0 Å². The van der Waals surface area contributed by atoms with Crippen molar-refractivity contribution in [3.63, 3.8) is 0 Å². The normalized spacial score (nSPS) is 21.3. The first-order valence-electron chi connectivity index (χ1n) is 6.01. The highest BCUT2D eigenvalue weighted by molar-refractivity contribution is 6.19. The number of nitrogens with one attached hydrogen (secondary N) is 1. The second kappa shape index (κ2) is 4.96. The molecule has 1 aliphatic carbocycles. The summed E-state index contributed by atoms with van der Waals surface area (Å²) in [6, 6.07) is -0.741. The molecule has 3 N–H and O–H groups in total. The summed E-state index contributed by atoms with van der Waals surface area (Å²) in [5.41, 5.74) is 3.82. The Morgan fingerprint density at radius 2 is 2.05 bits per heavy atom. The number of carbonyl (C=O) groups is 4. The summed E-state index contributed by atoms with van der Waals surface area (Å²) >= 11 is 0. The van der Waals surface area contributed by atoms with Crippen LogP contribution in [0.15, 0.2) is 0 Å². The lowest BCUT2D eigenvalue weighted by Crippen LogP contribution is -2.66. The molecule has 1 aliphatic heterocycles. The van der Waals surface area contributed by atoms with E-state index in [0.717, 1.165) is 11.3 Å². The van der Waals surface area contributed by atoms with Gasteiger partial charge >= 0.3 is 6.03 Å². The highest BCUT2D eigenvalue weighted by atomic mass is 16.5. The van der Waals surface area contributed by atoms with Crippen LogP contribution in [0.25, 0.3) is 0 Å². The van der Waals surface area contributed by atoms with E-state index in [1.807, 2.05) is 0 Å². The Morgan fingerprint density at radius 3 is 2.58 bits per heavy atom. The van der Waals surface area contributed by atoms with Crippen molar-refractivity contribution in [2.45, 2.75) is 19.3 Å². The lowest BCUT2D eigenvalue weighted by molar-refractivity contribution is -0.158. The third-order valence-corrected chi connectivity index (χ3v) is 3.47. The molecule has 0 aromatic rings. The third kappa shape index (κ3) is 2.30. The number of imide groups is 2. The number of urea groups is 1. The van der Waals surface area contributed by atoms with Gasteiger partial charge in [-0.1, -0.05) is 6.42 Å². The minimum absolute atomic E-state index is 0.00632. The van der Waals surface area contributed by atoms with Crippen LogP contribution < -0.4 is 11.1 Å². The molecule has 2 fully saturated rings. The Balaban J connectivity index is 1.95. The van der Waals surface area contributed by atoms with Crippen molar-refractivity contribution in [2.24, 2.45) is 11.1 Å². The number of carbonyl (C=O) groups excluding carboxylic acids is 4. The molecule has 1 spiro atoms. The molecule has 104 valence electrons. The lowest BCUT2D eigenvalue weighted by Gasteiger charge is -2.44. The number of hydrogen-bond acceptors (Lipinski definition) is 5. The fourth-order valence-corrected chi connectivity index (χ4v) is 2.23. The summed E-state index contributed by atoms with van der Waals surface area (Å²) in [7, 11) is 0. The van der Waals surface area contributed by atoms with Gasteiger partial charge in [0.25, 0.3) is 0 Å². The van der Waals surface area contributed by atoms with Gasteiger partial charge in [0.05, 0.1) is 13.2 Å². The summed E-state index contributed by atoms with van der Waals surface area (Å²) in [5.74, 6) is -1.61. The average molecular weight is 269 g/mol. The summed E-state index contributed by atoms with van der Waals surface area (Å²) < 4.78 is 4.91. The predicted octanol–water partition coefficient (Wildman–Crippen LogP) is -1.26. The van der Waals surface area contributed by atoms with Crippen LogP contribution in [0, 0.1) is 5.41 Å². The van der Waals surface area contributed by atoms with Crippen molar-refractivity contribution in [1.29, 1.82) is 0 Å². The fraction of sp³-hybridized carbons (Fsp3) is 0.636. The zero-order chi connectivity index (χ0) is 14.0. The van der Waals surface area contributed by atoms with Crippen LogP contribution in [0.4, 0.5) is 4.79 Å². The van der Waals surface area contributed by atoms with Crippen LogP contribution in [0.3, 0.4) is 0 Å². The predicted molar refractivity (Wildman–Crippen MR) is 61.5 cm³/mol. The summed E-state index contributed by atoms with van der Waals surface area (Å²) in [5, 5.41) is 2.18. The van der Waals surface area contributed by atoms with E-state index in [0.29, 0.717) is 12.8 Å². The Bertz CT molecular complexity index is 444. The number of ether oxygens (including phenoxy) is 1. The Morgan fingerprint density at radius 1 is 1.37 bits per heavy atom. The topological polar surface area (TPSA) is 119 Å². The highest BCUT2D eigenvalue weighted by Gasteiger charge is 2.57. The molecule has 1 heterocycles. The molecule has 0 aromatic carbocycles. The van der Waals surface area contributed by atoms with Crippen molar-refractivity contribution in [1.82, 2.24) is 10.2 Å². The molecule has 1 saturated carbocycles. The van der Waals surface area contributed by atoms with Gasteiger partial charge in [0.15, 0.2) is 0 Å². The van der Waals surface area contributed by atoms with Crippen LogP contribution in [0.2, 0.25) is 0 Å². The number of nitrogens with zero attached hydrogens (tertiary/aromatic N) is 1. The molecule has 0 radical (unpaired) electrons. The number of primary amides is 1. The van der Waals surface area contributed by atoms with E-state index in [-0.39, 0.29) is 19.8 Å². The summed E-state index contributed by atoms with van der Waals surface area (Å²) in [6.07, 6.45) is 1.71. The van der Waals surface area contributed by atoms with E-state index < -0.39 is 29.2 Å². The molecule has 2 rings (SSSR count). The minimum atomic E-state index is -1.07. The molecule has 0 aromatic heterocycles. The number of amides is 5. The molecule has 0 bridgehead atoms. The van der Waals surface area contributed by atoms with Crippen molar-refractivity contribution in [3.05, 3.63) is 0 Å². The van der Waals surface area contributed by atoms with Gasteiger partial charge in [-0.05, 0) is 12.8 Å². The molecule has 19 heavy (non-hydrogen) atoms. The van der Waals surface area contributed by atoms with E-state index in [1.165, 1.54) is 0 Å². The average Bonchev–Trinajstić information content (AvgIpc) is 2.25. The van der Waals surface area contributed by atoms with E-state index in [2.05, 4.69) is 5.32 Å². The van der Waals surface area contributed by atoms with Gasteiger partial charge in [-0.2, -0.15) is 0 Å². The number of barbiturate groups is 1. The van der Waals surface area contributed by atoms with Gasteiger partial charge in [0.1, 0.15) is 12.0 Å². The smallest absolute Gasteiger partial charge is 0.330 e. The first-order chi connectivity index (χ1) is 8.97. The highest BCUT2D eigenvalue weighted by Crippen LogP contribution is 2.44. The standard InChI is InChI=1S/C11H15N3O5/c12-7(15)6-19-5-4-14-9(17)11(2-1-3-11)8(16)13-10(14)18/h1-6H2,(H2,12,15)(H,13,16,18). The largest absolute Gasteiger partial charge is 0.370 e. The van der Waals surface area contributed by atoms with Gasteiger partial charge in [0.2, 0.25) is 17.7 Å². The number of hydrogen-bond donors (Lipinski definition) is 2. The van der Waals surface area contributed by atoms with E-state index in [9.17, 15) is 19.2 Å². The van der Waals surface area contributed by atoms with Gasteiger partial charge < -0.3 is 10.5 Å². The van der Waals surface area contributed by atoms with Crippen LogP contribution in [-0.4, -0.2) is 48.4 Å². The number of rotatable bonds is 5. The molecule has 0 atom stereocenters. The molecule has 0 unspecified atom stereocenters. The second-order valence-electron chi connectivity index (χ2n) is 4.67. The second-order valence-corrected chi connectivity index (χ2v) is 4.67. The summed E-state index contributed by atoms with van der Waals surface area (Å²) in [4.78, 5) is 46.9. The number of nitrogens with two attached hydrogens (primary N) is 1. The SMILES string of the molecule is NC(=O)COCCN1C(=O)NC(=O)C2(CCC2)C1=O. The molecule has 5 amide bonds. The van der Waals surface area contributed by atoms with Crippen LogP contribution >= 0.6 is 0 Å². The molecule has 8 nitrogen and oxygen atoms in total. The minimum Gasteiger partial charge on any atom is -0.370 e. The van der Waals surface area contributed by atoms with Crippen molar-refractivity contribution in [2.75, 3.05) is 19.8 Å². The lowest BCUT2D eigenvalue weighted by atomic mass is 9.66. The maximum atomic E-state index is 12.2. The molecular formula is C11H15N3O5. The fourth-order valence-electron chi connectivity index (χ4n) is 2.23. The molecule has 8 heteroatoms. The maximum absolute atomic E-state index is 12.2. The van der Waals surface area contributed by atoms with Crippen molar-refractivity contribution < 1.29 is 23.9 Å². The molecular weight excluding hydrogens is 254 g/mol. The van der Waals surface area contributed by atoms with Gasteiger partial charge in [-0.3, -0.25) is 24.6 Å². The Kier molecular flexibility index (Phi) is 3.52. The van der Waals surface area contributed by atoms with Crippen LogP contribution in [0.1, 0.15) is 19.3 Å². The first-order valence-corrected chi connectivity index (χ1v) is 6.01. The van der Waals surface area contributed by atoms with Gasteiger partial charge in [-0.25, -0.2) is 4.79 Å². The first kappa shape index (κ1) is 13.5. The van der Waals surface area contributed by atoms with Gasteiger partial charge in [0, 0.05) is 0 Å². The quantitative estimate of drug-likeness (QED) is 0.477. The van der Waals surface area contributed by atoms with Crippen molar-refractivity contribution >= 4 is 23.8 Å². The third-order valence-electron chi connectivity index (χ3n) is 3.47. The van der Waals surface area contributed by atoms with Crippen molar-refractivity contribution in [3.8, 4) is 0 Å². The Labute approximate surface area is 109 Å². The molecule has 1 saturated heterocycles. The van der Waals surface area contributed by atoms with E-state index >= 15 is 0 Å². The van der Waals surface area contributed by atoms with Crippen LogP contribution in [-0.2, 0) is 19.1 Å². The monoisotopic (exact) mass is 269 g/mol. The maximum Gasteiger partial charge on any atom is 0.330 e. The van der Waals surface area contributed by atoms with Crippen LogP contribution in [0.5, 0.6) is 0 Å². The zero-order valence-electron chi connectivity index (χ0n) is 10.3. The molecule has 2 aliphatic rings. The van der Waals surface area contributed by atoms with E-state index in [4.69, 9.17) is 10.5 Å². The Hall–Kier alpha value is -1.96.